The molecule has 0 bridgehead atoms. The van der Waals surface area contributed by atoms with Crippen LogP contribution in [-0.2, 0) is 0 Å². The number of nitriles is 1. The van der Waals surface area contributed by atoms with Crippen molar-refractivity contribution in [2.45, 2.75) is 38.7 Å². The molecule has 0 aromatic carbocycles. The minimum Gasteiger partial charge on any atom is -0.474 e. The highest BCUT2D eigenvalue weighted by atomic mass is 16.5. The van der Waals surface area contributed by atoms with Crippen LogP contribution in [0.15, 0.2) is 18.3 Å². The maximum absolute atomic E-state index is 8.81. The van der Waals surface area contributed by atoms with Gasteiger partial charge in [-0.25, -0.2) is 4.98 Å². The Morgan fingerprint density at radius 1 is 1.38 bits per heavy atom. The first-order valence-electron chi connectivity index (χ1n) is 5.77. The van der Waals surface area contributed by atoms with Gasteiger partial charge < -0.3 is 4.74 Å². The molecule has 1 saturated carbocycles. The van der Waals surface area contributed by atoms with Crippen LogP contribution in [0.4, 0.5) is 0 Å². The van der Waals surface area contributed by atoms with Gasteiger partial charge in [-0.2, -0.15) is 5.26 Å². The van der Waals surface area contributed by atoms with Gasteiger partial charge in [0.25, 0.3) is 0 Å². The Morgan fingerprint density at radius 2 is 2.12 bits per heavy atom. The van der Waals surface area contributed by atoms with Crippen molar-refractivity contribution >= 4 is 0 Å². The molecule has 3 nitrogen and oxygen atoms in total. The first-order valence-corrected chi connectivity index (χ1v) is 5.77. The third-order valence-electron chi connectivity index (χ3n) is 3.10. The molecule has 0 atom stereocenters. The van der Waals surface area contributed by atoms with Gasteiger partial charge in [0, 0.05) is 17.7 Å². The van der Waals surface area contributed by atoms with Crippen LogP contribution in [-0.4, -0.2) is 11.1 Å². The summed E-state index contributed by atoms with van der Waals surface area (Å²) in [7, 11) is 0. The fourth-order valence-corrected chi connectivity index (χ4v) is 2.06. The van der Waals surface area contributed by atoms with Gasteiger partial charge >= 0.3 is 0 Å². The van der Waals surface area contributed by atoms with Gasteiger partial charge in [0.2, 0.25) is 5.88 Å². The first kappa shape index (κ1) is 10.9. The fraction of sp³-hybridized carbons (Fsp3) is 0.538. The topological polar surface area (TPSA) is 45.9 Å². The molecule has 84 valence electrons. The molecule has 1 aromatic heterocycles. The fourth-order valence-electron chi connectivity index (χ4n) is 2.06. The Kier molecular flexibility index (Phi) is 3.40. The molecule has 0 spiro atoms. The maximum atomic E-state index is 8.81. The third kappa shape index (κ3) is 2.52. The molecule has 1 aliphatic carbocycles. The molecule has 2 rings (SSSR count). The number of aryl methyl sites for hydroxylation is 1. The molecule has 16 heavy (non-hydrogen) atoms. The summed E-state index contributed by atoms with van der Waals surface area (Å²) >= 11 is 0. The quantitative estimate of drug-likeness (QED) is 0.763. The number of hydrogen-bond donors (Lipinski definition) is 0. The van der Waals surface area contributed by atoms with Gasteiger partial charge in [-0.05, 0) is 38.7 Å². The summed E-state index contributed by atoms with van der Waals surface area (Å²) in [4.78, 5) is 4.22. The van der Waals surface area contributed by atoms with Crippen LogP contribution < -0.4 is 4.74 Å². The van der Waals surface area contributed by atoms with E-state index in [1.165, 1.54) is 0 Å². The molecule has 0 unspecified atom stereocenters. The van der Waals surface area contributed by atoms with E-state index in [-0.39, 0.29) is 12.0 Å². The SMILES string of the molecule is Cc1cccnc1OC1CCC(C#N)CC1. The summed E-state index contributed by atoms with van der Waals surface area (Å²) in [6, 6.07) is 6.24. The number of rotatable bonds is 2. The molecular weight excluding hydrogens is 200 g/mol. The van der Waals surface area contributed by atoms with Gasteiger partial charge in [-0.15, -0.1) is 0 Å². The predicted molar refractivity (Wildman–Crippen MR) is 61.0 cm³/mol. The van der Waals surface area contributed by atoms with E-state index in [1.54, 1.807) is 6.20 Å². The van der Waals surface area contributed by atoms with Crippen molar-refractivity contribution < 1.29 is 4.74 Å². The molecule has 0 N–H and O–H groups in total. The number of aromatic nitrogens is 1. The van der Waals surface area contributed by atoms with Crippen LogP contribution in [0.25, 0.3) is 0 Å². The summed E-state index contributed by atoms with van der Waals surface area (Å²) in [5, 5.41) is 8.81. The van der Waals surface area contributed by atoms with Crippen LogP contribution in [0.5, 0.6) is 5.88 Å². The smallest absolute Gasteiger partial charge is 0.216 e. The molecule has 1 fully saturated rings. The van der Waals surface area contributed by atoms with E-state index >= 15 is 0 Å². The summed E-state index contributed by atoms with van der Waals surface area (Å²) in [6.07, 6.45) is 5.82. The summed E-state index contributed by atoms with van der Waals surface area (Å²) in [5.74, 6) is 0.965. The van der Waals surface area contributed by atoms with Gasteiger partial charge in [-0.3, -0.25) is 0 Å². The zero-order chi connectivity index (χ0) is 11.4. The summed E-state index contributed by atoms with van der Waals surface area (Å²) in [6.45, 7) is 2.00. The maximum Gasteiger partial charge on any atom is 0.216 e. The molecular formula is C13H16N2O. The van der Waals surface area contributed by atoms with E-state index in [4.69, 9.17) is 10.00 Å². The molecule has 1 aromatic rings. The first-order chi connectivity index (χ1) is 7.79. The van der Waals surface area contributed by atoms with E-state index < -0.39 is 0 Å². The van der Waals surface area contributed by atoms with Gasteiger partial charge in [0.05, 0.1) is 6.07 Å². The Bertz CT molecular complexity index is 389. The molecule has 1 aliphatic rings. The lowest BCUT2D eigenvalue weighted by Gasteiger charge is -2.25. The predicted octanol–water partition coefficient (Wildman–Crippen LogP) is 2.85. The van der Waals surface area contributed by atoms with Crippen LogP contribution in [0.3, 0.4) is 0 Å². The highest BCUT2D eigenvalue weighted by Crippen LogP contribution is 2.27. The Morgan fingerprint density at radius 3 is 2.75 bits per heavy atom. The monoisotopic (exact) mass is 216 g/mol. The summed E-state index contributed by atoms with van der Waals surface area (Å²) in [5.41, 5.74) is 1.07. The van der Waals surface area contributed by atoms with E-state index in [9.17, 15) is 0 Å². The van der Waals surface area contributed by atoms with E-state index in [0.29, 0.717) is 0 Å². The highest BCUT2D eigenvalue weighted by molar-refractivity contribution is 5.23. The Balaban J connectivity index is 1.93. The van der Waals surface area contributed by atoms with Crippen LogP contribution >= 0.6 is 0 Å². The molecule has 1 heterocycles. The van der Waals surface area contributed by atoms with Gasteiger partial charge in [0.1, 0.15) is 6.10 Å². The minimum atomic E-state index is 0.227. The van der Waals surface area contributed by atoms with Crippen molar-refractivity contribution in [1.82, 2.24) is 4.98 Å². The van der Waals surface area contributed by atoms with Crippen LogP contribution in [0.2, 0.25) is 0 Å². The van der Waals surface area contributed by atoms with E-state index in [0.717, 1.165) is 37.1 Å². The number of pyridine rings is 1. The van der Waals surface area contributed by atoms with E-state index in [1.807, 2.05) is 19.1 Å². The second-order valence-corrected chi connectivity index (χ2v) is 4.35. The lowest BCUT2D eigenvalue weighted by atomic mass is 9.88. The Labute approximate surface area is 96.1 Å². The summed E-state index contributed by atoms with van der Waals surface area (Å²) < 4.78 is 5.86. The molecule has 0 aliphatic heterocycles. The number of ether oxygens (including phenoxy) is 1. The van der Waals surface area contributed by atoms with Crippen LogP contribution in [0.1, 0.15) is 31.2 Å². The lowest BCUT2D eigenvalue weighted by molar-refractivity contribution is 0.136. The zero-order valence-corrected chi connectivity index (χ0v) is 9.52. The minimum absolute atomic E-state index is 0.227. The number of hydrogen-bond acceptors (Lipinski definition) is 3. The van der Waals surface area contributed by atoms with Crippen molar-refractivity contribution in [1.29, 1.82) is 5.26 Å². The normalized spacial score (nSPS) is 24.8. The van der Waals surface area contributed by atoms with Crippen molar-refractivity contribution in [2.75, 3.05) is 0 Å². The second kappa shape index (κ2) is 4.98. The van der Waals surface area contributed by atoms with Gasteiger partial charge in [-0.1, -0.05) is 6.07 Å². The Hall–Kier alpha value is -1.56. The molecule has 0 saturated heterocycles. The largest absolute Gasteiger partial charge is 0.474 e. The van der Waals surface area contributed by atoms with Gasteiger partial charge in [0.15, 0.2) is 0 Å². The molecule has 0 radical (unpaired) electrons. The number of nitrogens with zero attached hydrogens (tertiary/aromatic N) is 2. The standard InChI is InChI=1S/C13H16N2O/c1-10-3-2-8-15-13(10)16-12-6-4-11(9-14)5-7-12/h2-3,8,11-12H,4-7H2,1H3. The zero-order valence-electron chi connectivity index (χ0n) is 9.52. The van der Waals surface area contributed by atoms with E-state index in [2.05, 4.69) is 11.1 Å². The molecule has 0 amide bonds. The second-order valence-electron chi connectivity index (χ2n) is 4.35. The highest BCUT2D eigenvalue weighted by Gasteiger charge is 2.22. The molecule has 3 heteroatoms. The van der Waals surface area contributed by atoms with Crippen molar-refractivity contribution in [3.8, 4) is 11.9 Å². The van der Waals surface area contributed by atoms with Crippen molar-refractivity contribution in [3.63, 3.8) is 0 Å². The van der Waals surface area contributed by atoms with Crippen molar-refractivity contribution in [3.05, 3.63) is 23.9 Å². The van der Waals surface area contributed by atoms with Crippen molar-refractivity contribution in [2.24, 2.45) is 5.92 Å². The van der Waals surface area contributed by atoms with Crippen LogP contribution in [0, 0.1) is 24.2 Å². The average molecular weight is 216 g/mol. The average Bonchev–Trinajstić information content (AvgIpc) is 2.33. The lowest BCUT2D eigenvalue weighted by Crippen LogP contribution is -2.24. The third-order valence-corrected chi connectivity index (χ3v) is 3.10.